The maximum atomic E-state index is 8.64. The number of nitriles is 1. The number of hydrogen-bond donors (Lipinski definition) is 0. The van der Waals surface area contributed by atoms with Crippen LogP contribution in [0.25, 0.3) is 0 Å². The summed E-state index contributed by atoms with van der Waals surface area (Å²) in [6.07, 6.45) is 6.15. The molecule has 1 aliphatic carbocycles. The van der Waals surface area contributed by atoms with Gasteiger partial charge in [-0.05, 0) is 43.4 Å². The largest absolute Gasteiger partial charge is 0.339 e. The minimum Gasteiger partial charge on any atom is -0.339 e. The normalized spacial score (nSPS) is 24.5. The SMILES string of the molecule is CC(CCC#N)c1nc(C2CCC(C(C)(C)C)CC2)no1. The molecule has 0 amide bonds. The van der Waals surface area contributed by atoms with Crippen molar-refractivity contribution in [2.75, 3.05) is 0 Å². The summed E-state index contributed by atoms with van der Waals surface area (Å²) >= 11 is 0. The highest BCUT2D eigenvalue weighted by Gasteiger charge is 2.32. The van der Waals surface area contributed by atoms with E-state index in [9.17, 15) is 0 Å². The molecule has 1 aromatic rings. The lowest BCUT2D eigenvalue weighted by atomic mass is 9.70. The molecule has 4 heteroatoms. The van der Waals surface area contributed by atoms with Crippen molar-refractivity contribution in [1.29, 1.82) is 5.26 Å². The zero-order chi connectivity index (χ0) is 15.5. The van der Waals surface area contributed by atoms with Crippen molar-refractivity contribution in [2.45, 2.75) is 78.1 Å². The molecule has 1 atom stereocenters. The van der Waals surface area contributed by atoms with Gasteiger partial charge in [-0.2, -0.15) is 10.2 Å². The Hall–Kier alpha value is -1.37. The van der Waals surface area contributed by atoms with Gasteiger partial charge in [-0.15, -0.1) is 0 Å². The Morgan fingerprint density at radius 2 is 1.95 bits per heavy atom. The van der Waals surface area contributed by atoms with E-state index in [2.05, 4.69) is 37.0 Å². The summed E-state index contributed by atoms with van der Waals surface area (Å²) in [5.74, 6) is 3.00. The number of aromatic nitrogens is 2. The van der Waals surface area contributed by atoms with Gasteiger partial charge in [-0.3, -0.25) is 0 Å². The van der Waals surface area contributed by atoms with Crippen LogP contribution in [-0.2, 0) is 0 Å². The standard InChI is InChI=1S/C17H27N3O/c1-12(6-5-11-18)16-19-15(20-21-16)13-7-9-14(10-8-13)17(2,3)4/h12-14H,5-10H2,1-4H3. The summed E-state index contributed by atoms with van der Waals surface area (Å²) in [7, 11) is 0. The van der Waals surface area contributed by atoms with Crippen molar-refractivity contribution in [3.63, 3.8) is 0 Å². The maximum Gasteiger partial charge on any atom is 0.229 e. The molecule has 0 radical (unpaired) electrons. The molecule has 0 spiro atoms. The minimum atomic E-state index is 0.178. The number of rotatable bonds is 4. The molecule has 116 valence electrons. The van der Waals surface area contributed by atoms with E-state index in [0.717, 1.165) is 31.0 Å². The Morgan fingerprint density at radius 3 is 2.52 bits per heavy atom. The van der Waals surface area contributed by atoms with Crippen LogP contribution in [0.5, 0.6) is 0 Å². The second-order valence-electron chi connectivity index (χ2n) is 7.50. The van der Waals surface area contributed by atoms with Gasteiger partial charge in [0.25, 0.3) is 0 Å². The Balaban J connectivity index is 1.93. The molecule has 0 aliphatic heterocycles. The minimum absolute atomic E-state index is 0.178. The van der Waals surface area contributed by atoms with E-state index in [1.54, 1.807) is 0 Å². The molecule has 21 heavy (non-hydrogen) atoms. The fourth-order valence-electron chi connectivity index (χ4n) is 3.24. The zero-order valence-corrected chi connectivity index (χ0v) is 13.7. The van der Waals surface area contributed by atoms with Crippen LogP contribution in [0.3, 0.4) is 0 Å². The molecule has 1 heterocycles. The van der Waals surface area contributed by atoms with Crippen LogP contribution in [-0.4, -0.2) is 10.1 Å². The van der Waals surface area contributed by atoms with Crippen molar-refractivity contribution < 1.29 is 4.52 Å². The molecule has 1 saturated carbocycles. The third-order valence-corrected chi connectivity index (χ3v) is 4.89. The highest BCUT2D eigenvalue weighted by atomic mass is 16.5. The smallest absolute Gasteiger partial charge is 0.229 e. The lowest BCUT2D eigenvalue weighted by Gasteiger charge is -2.36. The third-order valence-electron chi connectivity index (χ3n) is 4.89. The monoisotopic (exact) mass is 289 g/mol. The Bertz CT molecular complexity index is 487. The second kappa shape index (κ2) is 6.60. The van der Waals surface area contributed by atoms with Gasteiger partial charge in [-0.1, -0.05) is 32.9 Å². The first kappa shape index (κ1) is 16.0. The quantitative estimate of drug-likeness (QED) is 0.799. The highest BCUT2D eigenvalue weighted by molar-refractivity contribution is 5.01. The molecular formula is C17H27N3O. The van der Waals surface area contributed by atoms with Crippen LogP contribution in [0.4, 0.5) is 0 Å². The van der Waals surface area contributed by atoms with Crippen molar-refractivity contribution >= 4 is 0 Å². The van der Waals surface area contributed by atoms with E-state index in [4.69, 9.17) is 9.78 Å². The predicted molar refractivity (Wildman–Crippen MR) is 81.7 cm³/mol. The summed E-state index contributed by atoms with van der Waals surface area (Å²) in [6, 6.07) is 2.17. The van der Waals surface area contributed by atoms with Gasteiger partial charge in [0.1, 0.15) is 0 Å². The topological polar surface area (TPSA) is 62.7 Å². The summed E-state index contributed by atoms with van der Waals surface area (Å²) in [4.78, 5) is 4.59. The van der Waals surface area contributed by atoms with Crippen LogP contribution in [0.15, 0.2) is 4.52 Å². The first-order valence-corrected chi connectivity index (χ1v) is 8.12. The van der Waals surface area contributed by atoms with E-state index in [1.807, 2.05) is 6.92 Å². The van der Waals surface area contributed by atoms with E-state index < -0.39 is 0 Å². The van der Waals surface area contributed by atoms with Gasteiger partial charge < -0.3 is 4.52 Å². The van der Waals surface area contributed by atoms with Crippen LogP contribution < -0.4 is 0 Å². The molecule has 2 rings (SSSR count). The van der Waals surface area contributed by atoms with Gasteiger partial charge in [-0.25, -0.2) is 0 Å². The summed E-state index contributed by atoms with van der Waals surface area (Å²) in [5.41, 5.74) is 0.402. The fourth-order valence-corrected chi connectivity index (χ4v) is 3.24. The van der Waals surface area contributed by atoms with E-state index in [-0.39, 0.29) is 5.92 Å². The van der Waals surface area contributed by atoms with Gasteiger partial charge in [0.2, 0.25) is 5.89 Å². The predicted octanol–water partition coefficient (Wildman–Crippen LogP) is 4.80. The average molecular weight is 289 g/mol. The van der Waals surface area contributed by atoms with Crippen molar-refractivity contribution in [3.05, 3.63) is 11.7 Å². The van der Waals surface area contributed by atoms with Crippen LogP contribution in [0.1, 0.15) is 89.8 Å². The van der Waals surface area contributed by atoms with E-state index in [0.29, 0.717) is 23.6 Å². The molecule has 0 N–H and O–H groups in total. The average Bonchev–Trinajstić information content (AvgIpc) is 2.94. The Kier molecular flexibility index (Phi) is 5.03. The van der Waals surface area contributed by atoms with Gasteiger partial charge in [0.05, 0.1) is 6.07 Å². The zero-order valence-electron chi connectivity index (χ0n) is 13.7. The molecule has 1 aromatic heterocycles. The summed E-state index contributed by atoms with van der Waals surface area (Å²) in [5, 5.41) is 12.8. The molecule has 0 bridgehead atoms. The molecule has 0 aromatic carbocycles. The van der Waals surface area contributed by atoms with Gasteiger partial charge >= 0.3 is 0 Å². The van der Waals surface area contributed by atoms with Crippen LogP contribution in [0, 0.1) is 22.7 Å². The molecule has 1 unspecified atom stereocenters. The van der Waals surface area contributed by atoms with Crippen molar-refractivity contribution in [1.82, 2.24) is 10.1 Å². The first-order valence-electron chi connectivity index (χ1n) is 8.12. The third kappa shape index (κ3) is 4.06. The van der Waals surface area contributed by atoms with Crippen molar-refractivity contribution in [3.8, 4) is 6.07 Å². The summed E-state index contributed by atoms with van der Waals surface area (Å²) < 4.78 is 5.40. The Labute approximate surface area is 127 Å². The fraction of sp³-hybridized carbons (Fsp3) is 0.824. The lowest BCUT2D eigenvalue weighted by Crippen LogP contribution is -2.25. The van der Waals surface area contributed by atoms with Crippen LogP contribution >= 0.6 is 0 Å². The van der Waals surface area contributed by atoms with E-state index >= 15 is 0 Å². The van der Waals surface area contributed by atoms with Crippen LogP contribution in [0.2, 0.25) is 0 Å². The Morgan fingerprint density at radius 1 is 1.29 bits per heavy atom. The first-order chi connectivity index (χ1) is 9.91. The number of hydrogen-bond acceptors (Lipinski definition) is 4. The molecular weight excluding hydrogens is 262 g/mol. The molecule has 4 nitrogen and oxygen atoms in total. The number of nitrogens with zero attached hydrogens (tertiary/aromatic N) is 3. The molecule has 1 fully saturated rings. The lowest BCUT2D eigenvalue weighted by molar-refractivity contribution is 0.166. The van der Waals surface area contributed by atoms with Gasteiger partial charge in [0, 0.05) is 18.3 Å². The maximum absolute atomic E-state index is 8.64. The second-order valence-corrected chi connectivity index (χ2v) is 7.50. The molecule has 0 saturated heterocycles. The van der Waals surface area contributed by atoms with E-state index in [1.165, 1.54) is 12.8 Å². The van der Waals surface area contributed by atoms with Gasteiger partial charge in [0.15, 0.2) is 5.82 Å². The summed E-state index contributed by atoms with van der Waals surface area (Å²) in [6.45, 7) is 9.05. The highest BCUT2D eigenvalue weighted by Crippen LogP contribution is 2.42. The van der Waals surface area contributed by atoms with Crippen molar-refractivity contribution in [2.24, 2.45) is 11.3 Å². The molecule has 1 aliphatic rings.